The molecule has 3 N–H and O–H groups in total. The number of nitrogens with one attached hydrogen (secondary N) is 1. The fourth-order valence-electron chi connectivity index (χ4n) is 0.908. The molecule has 12 heavy (non-hydrogen) atoms. The van der Waals surface area contributed by atoms with Gasteiger partial charge in [-0.15, -0.1) is 0 Å². The zero-order valence-electron chi connectivity index (χ0n) is 7.79. The summed E-state index contributed by atoms with van der Waals surface area (Å²) in [7, 11) is 0. The van der Waals surface area contributed by atoms with Crippen LogP contribution in [0.3, 0.4) is 0 Å². The molecule has 0 saturated heterocycles. The monoisotopic (exact) mass is 177 g/mol. The van der Waals surface area contributed by atoms with Crippen molar-refractivity contribution in [2.75, 3.05) is 26.4 Å². The predicted molar refractivity (Wildman–Crippen MR) is 47.1 cm³/mol. The molecule has 0 radical (unpaired) electrons. The number of aliphatic hydroxyl groups is 2. The normalized spacial score (nSPS) is 13.8. The van der Waals surface area contributed by atoms with Crippen molar-refractivity contribution in [2.45, 2.75) is 25.9 Å². The lowest BCUT2D eigenvalue weighted by molar-refractivity contribution is 0.106. The van der Waals surface area contributed by atoms with Gasteiger partial charge in [0.1, 0.15) is 0 Å². The Morgan fingerprint density at radius 2 is 1.92 bits per heavy atom. The molecule has 0 saturated carbocycles. The molecule has 1 unspecified atom stereocenters. The average Bonchev–Trinajstić information content (AvgIpc) is 2.10. The van der Waals surface area contributed by atoms with Gasteiger partial charge in [-0.25, -0.2) is 0 Å². The van der Waals surface area contributed by atoms with Gasteiger partial charge in [-0.3, -0.25) is 0 Å². The molecule has 4 nitrogen and oxygen atoms in total. The van der Waals surface area contributed by atoms with Gasteiger partial charge in [0.05, 0.1) is 25.9 Å². The van der Waals surface area contributed by atoms with E-state index in [-0.39, 0.29) is 25.3 Å². The van der Waals surface area contributed by atoms with Crippen molar-refractivity contribution in [3.8, 4) is 0 Å². The SMILES string of the molecule is CCOCC(C)NC(CO)CO. The molecule has 0 heterocycles. The van der Waals surface area contributed by atoms with Gasteiger partial charge in [0.15, 0.2) is 0 Å². The van der Waals surface area contributed by atoms with Crippen LogP contribution >= 0.6 is 0 Å². The maximum atomic E-state index is 8.74. The van der Waals surface area contributed by atoms with E-state index in [9.17, 15) is 0 Å². The summed E-state index contributed by atoms with van der Waals surface area (Å²) in [6.07, 6.45) is 0. The summed E-state index contributed by atoms with van der Waals surface area (Å²) in [6, 6.07) is -0.0743. The Morgan fingerprint density at radius 3 is 2.33 bits per heavy atom. The van der Waals surface area contributed by atoms with E-state index in [2.05, 4.69) is 5.32 Å². The fourth-order valence-corrected chi connectivity index (χ4v) is 0.908. The van der Waals surface area contributed by atoms with Crippen LogP contribution in [-0.2, 0) is 4.74 Å². The van der Waals surface area contributed by atoms with Gasteiger partial charge in [-0.05, 0) is 13.8 Å². The second-order valence-electron chi connectivity index (χ2n) is 2.79. The van der Waals surface area contributed by atoms with Gasteiger partial charge in [0, 0.05) is 12.6 Å². The van der Waals surface area contributed by atoms with Crippen LogP contribution in [0.2, 0.25) is 0 Å². The van der Waals surface area contributed by atoms with Crippen molar-refractivity contribution >= 4 is 0 Å². The molecule has 0 aliphatic heterocycles. The number of rotatable bonds is 7. The van der Waals surface area contributed by atoms with Crippen LogP contribution in [0.25, 0.3) is 0 Å². The van der Waals surface area contributed by atoms with Gasteiger partial charge >= 0.3 is 0 Å². The highest BCUT2D eigenvalue weighted by molar-refractivity contribution is 4.68. The van der Waals surface area contributed by atoms with Crippen molar-refractivity contribution in [2.24, 2.45) is 0 Å². The van der Waals surface area contributed by atoms with E-state index in [4.69, 9.17) is 14.9 Å². The zero-order valence-corrected chi connectivity index (χ0v) is 7.79. The lowest BCUT2D eigenvalue weighted by Crippen LogP contribution is -2.43. The number of aliphatic hydroxyl groups excluding tert-OH is 2. The number of ether oxygens (including phenoxy) is 1. The van der Waals surface area contributed by atoms with Crippen molar-refractivity contribution in [3.63, 3.8) is 0 Å². The summed E-state index contributed by atoms with van der Waals surface area (Å²) in [5.41, 5.74) is 0. The molecule has 0 amide bonds. The van der Waals surface area contributed by atoms with E-state index in [1.54, 1.807) is 0 Å². The second-order valence-corrected chi connectivity index (χ2v) is 2.79. The van der Waals surface area contributed by atoms with Crippen LogP contribution < -0.4 is 5.32 Å². The molecule has 0 aliphatic carbocycles. The summed E-state index contributed by atoms with van der Waals surface area (Å²) >= 11 is 0. The summed E-state index contributed by atoms with van der Waals surface area (Å²) < 4.78 is 5.16. The standard InChI is InChI=1S/C8H19NO3/c1-3-12-6-7(2)9-8(4-10)5-11/h7-11H,3-6H2,1-2H3. The van der Waals surface area contributed by atoms with Gasteiger partial charge in [-0.2, -0.15) is 0 Å². The van der Waals surface area contributed by atoms with Crippen LogP contribution in [0.1, 0.15) is 13.8 Å². The molecular formula is C8H19NO3. The van der Waals surface area contributed by atoms with Crippen LogP contribution in [0.5, 0.6) is 0 Å². The molecule has 0 aromatic heterocycles. The van der Waals surface area contributed by atoms with E-state index < -0.39 is 0 Å². The summed E-state index contributed by atoms with van der Waals surface area (Å²) in [5, 5.41) is 20.5. The van der Waals surface area contributed by atoms with Gasteiger partial charge < -0.3 is 20.3 Å². The molecule has 0 bridgehead atoms. The third-order valence-corrected chi connectivity index (χ3v) is 1.53. The number of hydrogen-bond acceptors (Lipinski definition) is 4. The molecule has 0 rings (SSSR count). The molecular weight excluding hydrogens is 158 g/mol. The first kappa shape index (κ1) is 11.8. The van der Waals surface area contributed by atoms with Crippen molar-refractivity contribution in [1.82, 2.24) is 5.32 Å². The summed E-state index contributed by atoms with van der Waals surface area (Å²) in [5.74, 6) is 0. The maximum absolute atomic E-state index is 8.74. The molecule has 0 aromatic carbocycles. The Balaban J connectivity index is 3.44. The van der Waals surface area contributed by atoms with Crippen molar-refractivity contribution < 1.29 is 14.9 Å². The minimum atomic E-state index is -0.236. The van der Waals surface area contributed by atoms with E-state index in [1.807, 2.05) is 13.8 Å². The molecule has 0 fully saturated rings. The van der Waals surface area contributed by atoms with E-state index in [0.29, 0.717) is 13.2 Å². The second kappa shape index (κ2) is 7.49. The summed E-state index contributed by atoms with van der Waals surface area (Å²) in [6.45, 7) is 5.08. The van der Waals surface area contributed by atoms with Crippen LogP contribution in [0.4, 0.5) is 0 Å². The van der Waals surface area contributed by atoms with Gasteiger partial charge in [-0.1, -0.05) is 0 Å². The lowest BCUT2D eigenvalue weighted by atomic mass is 10.2. The van der Waals surface area contributed by atoms with Crippen molar-refractivity contribution in [1.29, 1.82) is 0 Å². The molecule has 0 aromatic rings. The van der Waals surface area contributed by atoms with Crippen molar-refractivity contribution in [3.05, 3.63) is 0 Å². The highest BCUT2D eigenvalue weighted by atomic mass is 16.5. The Hall–Kier alpha value is -0.160. The molecule has 4 heteroatoms. The van der Waals surface area contributed by atoms with Crippen LogP contribution in [-0.4, -0.2) is 48.7 Å². The largest absolute Gasteiger partial charge is 0.395 e. The first-order chi connectivity index (χ1) is 5.74. The van der Waals surface area contributed by atoms with E-state index in [0.717, 1.165) is 0 Å². The molecule has 0 aliphatic rings. The zero-order chi connectivity index (χ0) is 9.40. The first-order valence-electron chi connectivity index (χ1n) is 4.30. The minimum Gasteiger partial charge on any atom is -0.395 e. The van der Waals surface area contributed by atoms with Gasteiger partial charge in [0.25, 0.3) is 0 Å². The maximum Gasteiger partial charge on any atom is 0.0616 e. The third kappa shape index (κ3) is 5.49. The Bertz CT molecular complexity index is 96.3. The minimum absolute atomic E-state index is 0.0486. The highest BCUT2D eigenvalue weighted by Gasteiger charge is 2.09. The highest BCUT2D eigenvalue weighted by Crippen LogP contribution is 1.88. The van der Waals surface area contributed by atoms with E-state index in [1.165, 1.54) is 0 Å². The third-order valence-electron chi connectivity index (χ3n) is 1.53. The molecule has 74 valence electrons. The lowest BCUT2D eigenvalue weighted by Gasteiger charge is -2.19. The fraction of sp³-hybridized carbons (Fsp3) is 1.00. The summed E-state index contributed by atoms with van der Waals surface area (Å²) in [4.78, 5) is 0. The van der Waals surface area contributed by atoms with E-state index >= 15 is 0 Å². The quantitative estimate of drug-likeness (QED) is 0.484. The van der Waals surface area contributed by atoms with Crippen LogP contribution in [0.15, 0.2) is 0 Å². The Labute approximate surface area is 73.5 Å². The number of hydrogen-bond donors (Lipinski definition) is 3. The predicted octanol–water partition coefficient (Wildman–Crippen LogP) is -0.646. The molecule has 1 atom stereocenters. The Kier molecular flexibility index (Phi) is 7.39. The smallest absolute Gasteiger partial charge is 0.0616 e. The Morgan fingerprint density at radius 1 is 1.33 bits per heavy atom. The van der Waals surface area contributed by atoms with Gasteiger partial charge in [0.2, 0.25) is 0 Å². The topological polar surface area (TPSA) is 61.7 Å². The molecule has 0 spiro atoms. The average molecular weight is 177 g/mol. The first-order valence-corrected chi connectivity index (χ1v) is 4.30. The van der Waals surface area contributed by atoms with Crippen LogP contribution in [0, 0.1) is 0 Å².